The van der Waals surface area contributed by atoms with Gasteiger partial charge in [0.25, 0.3) is 0 Å². The summed E-state index contributed by atoms with van der Waals surface area (Å²) in [5.74, 6) is 1.25. The standard InChI is InChI=1S/C18H18N2O3S.C16H17NO3S.C2H2BrN/c19-10-11-20-13-15-8-6-14-7-9-17(12-18(14)23-15)24(21,22)16-4-2-1-3-5-16;17-11-13-8-6-12-7-9-15(10-16(12)20-13)21(18,19)14-4-2-1-3-5-14;3-1-2-4/h1-5,7,9,12,15,20H,6,8,11,13H2;1-5,7,9-10,13H,6,8,11,17H2;1H2/t15-;13-;/m11./s1. The summed E-state index contributed by atoms with van der Waals surface area (Å²) in [7, 11) is -7.06. The molecule has 10 nitrogen and oxygen atoms in total. The van der Waals surface area contributed by atoms with E-state index in [1.807, 2.05) is 24.3 Å². The Morgan fingerprint density at radius 3 is 1.57 bits per heavy atom. The van der Waals surface area contributed by atoms with Crippen LogP contribution >= 0.6 is 15.9 Å². The monoisotopic (exact) mass is 764 g/mol. The summed E-state index contributed by atoms with van der Waals surface area (Å²) in [6, 6.07) is 30.8. The average molecular weight is 766 g/mol. The maximum atomic E-state index is 12.7. The van der Waals surface area contributed by atoms with Crippen LogP contribution in [0.1, 0.15) is 24.0 Å². The van der Waals surface area contributed by atoms with Gasteiger partial charge in [0.05, 0.1) is 43.6 Å². The average Bonchev–Trinajstić information content (AvgIpc) is 3.15. The highest BCUT2D eigenvalue weighted by Crippen LogP contribution is 2.33. The van der Waals surface area contributed by atoms with Crippen LogP contribution in [0.25, 0.3) is 0 Å². The maximum absolute atomic E-state index is 12.7. The molecule has 49 heavy (non-hydrogen) atoms. The van der Waals surface area contributed by atoms with Crippen molar-refractivity contribution in [2.24, 2.45) is 5.73 Å². The molecule has 0 saturated carbocycles. The predicted octanol–water partition coefficient (Wildman–Crippen LogP) is 5.40. The van der Waals surface area contributed by atoms with Gasteiger partial charge in [0.15, 0.2) is 0 Å². The number of fused-ring (bicyclic) bond motifs is 2. The zero-order valence-electron chi connectivity index (χ0n) is 26.7. The van der Waals surface area contributed by atoms with Crippen LogP contribution in [0.15, 0.2) is 117 Å². The molecular formula is C36H37BrN4O6S2. The van der Waals surface area contributed by atoms with Crippen molar-refractivity contribution in [1.29, 1.82) is 10.5 Å². The molecule has 2 atom stereocenters. The first-order valence-corrected chi connectivity index (χ1v) is 19.6. The van der Waals surface area contributed by atoms with E-state index in [1.54, 1.807) is 84.9 Å². The van der Waals surface area contributed by atoms with Gasteiger partial charge < -0.3 is 20.5 Å². The number of nitriles is 2. The molecule has 2 heterocycles. The topological polar surface area (TPSA) is 172 Å². The number of ether oxygens (including phenoxy) is 2. The summed E-state index contributed by atoms with van der Waals surface area (Å²) in [5, 5.41) is 19.6. The van der Waals surface area contributed by atoms with Gasteiger partial charge in [-0.15, -0.1) is 0 Å². The lowest BCUT2D eigenvalue weighted by Crippen LogP contribution is -2.34. The van der Waals surface area contributed by atoms with E-state index < -0.39 is 19.7 Å². The third-order valence-corrected chi connectivity index (χ3v) is 11.5. The summed E-state index contributed by atoms with van der Waals surface area (Å²) in [6.07, 6.45) is 3.32. The fraction of sp³-hybridized carbons (Fsp3) is 0.278. The normalized spacial score (nSPS) is 16.2. The Balaban J connectivity index is 0.000000201. The van der Waals surface area contributed by atoms with Crippen molar-refractivity contribution in [1.82, 2.24) is 5.32 Å². The van der Waals surface area contributed by atoms with Crippen molar-refractivity contribution in [3.63, 3.8) is 0 Å². The molecule has 3 N–H and O–H groups in total. The van der Waals surface area contributed by atoms with E-state index in [-0.39, 0.29) is 38.3 Å². The van der Waals surface area contributed by atoms with E-state index in [2.05, 4.69) is 21.2 Å². The highest BCUT2D eigenvalue weighted by atomic mass is 79.9. The molecule has 2 aliphatic heterocycles. The number of nitrogens with zero attached hydrogens (tertiary/aromatic N) is 2. The van der Waals surface area contributed by atoms with Crippen LogP contribution in [0.2, 0.25) is 0 Å². The number of benzene rings is 4. The van der Waals surface area contributed by atoms with Gasteiger partial charge in [-0.1, -0.05) is 64.5 Å². The Bertz CT molecular complexity index is 2000. The van der Waals surface area contributed by atoms with Crippen molar-refractivity contribution in [2.75, 3.05) is 25.0 Å². The number of rotatable bonds is 8. The van der Waals surface area contributed by atoms with Gasteiger partial charge in [0, 0.05) is 13.1 Å². The van der Waals surface area contributed by atoms with Crippen molar-refractivity contribution in [3.8, 4) is 23.6 Å². The lowest BCUT2D eigenvalue weighted by atomic mass is 10.0. The third-order valence-electron chi connectivity index (χ3n) is 7.76. The van der Waals surface area contributed by atoms with Crippen LogP contribution in [-0.2, 0) is 32.5 Å². The zero-order chi connectivity index (χ0) is 35.3. The van der Waals surface area contributed by atoms with Crippen LogP contribution < -0.4 is 20.5 Å². The number of alkyl halides is 1. The molecule has 13 heteroatoms. The van der Waals surface area contributed by atoms with Gasteiger partial charge in [-0.3, -0.25) is 0 Å². The minimum absolute atomic E-state index is 0.0350. The molecule has 256 valence electrons. The Labute approximate surface area is 296 Å². The Morgan fingerprint density at radius 1 is 0.694 bits per heavy atom. The molecule has 0 aromatic heterocycles. The van der Waals surface area contributed by atoms with Crippen molar-refractivity contribution < 1.29 is 26.3 Å². The van der Waals surface area contributed by atoms with Crippen molar-refractivity contribution in [3.05, 3.63) is 108 Å². The minimum atomic E-state index is -3.55. The second kappa shape index (κ2) is 18.0. The summed E-state index contributed by atoms with van der Waals surface area (Å²) in [6.45, 7) is 1.28. The lowest BCUT2D eigenvalue weighted by molar-refractivity contribution is 0.171. The van der Waals surface area contributed by atoms with Crippen LogP contribution in [0.4, 0.5) is 0 Å². The third kappa shape index (κ3) is 9.91. The van der Waals surface area contributed by atoms with Crippen molar-refractivity contribution in [2.45, 2.75) is 57.5 Å². The zero-order valence-corrected chi connectivity index (χ0v) is 29.9. The first-order valence-electron chi connectivity index (χ1n) is 15.5. The SMILES string of the molecule is N#CCBr.N#CCNC[C@H]1CCc2ccc(S(=O)(=O)c3ccccc3)cc2O1.NC[C@H]1CCc2ccc(S(=O)(=O)c3ccccc3)cc2O1. The molecule has 0 bridgehead atoms. The number of nitrogens with one attached hydrogen (secondary N) is 1. The van der Waals surface area contributed by atoms with Crippen LogP contribution in [-0.4, -0.2) is 54.0 Å². The second-order valence-corrected chi connectivity index (χ2v) is 15.5. The van der Waals surface area contributed by atoms with Gasteiger partial charge in [-0.2, -0.15) is 10.5 Å². The lowest BCUT2D eigenvalue weighted by Gasteiger charge is -2.26. The van der Waals surface area contributed by atoms with E-state index in [0.29, 0.717) is 29.9 Å². The summed E-state index contributed by atoms with van der Waals surface area (Å²) < 4.78 is 62.3. The van der Waals surface area contributed by atoms with Gasteiger partial charge in [0.1, 0.15) is 23.7 Å². The van der Waals surface area contributed by atoms with Crippen LogP contribution in [0.5, 0.6) is 11.5 Å². The maximum Gasteiger partial charge on any atom is 0.206 e. The largest absolute Gasteiger partial charge is 0.489 e. The van der Waals surface area contributed by atoms with Gasteiger partial charge >= 0.3 is 0 Å². The number of halogens is 1. The molecule has 0 saturated heterocycles. The highest BCUT2D eigenvalue weighted by Gasteiger charge is 2.25. The molecule has 6 rings (SSSR count). The highest BCUT2D eigenvalue weighted by molar-refractivity contribution is 9.09. The number of sulfone groups is 2. The number of hydrogen-bond acceptors (Lipinski definition) is 10. The van der Waals surface area contributed by atoms with E-state index >= 15 is 0 Å². The van der Waals surface area contributed by atoms with Gasteiger partial charge in [-0.05, 0) is 85.3 Å². The summed E-state index contributed by atoms with van der Waals surface area (Å²) >= 11 is 2.89. The molecule has 0 spiro atoms. The molecule has 4 aromatic carbocycles. The molecule has 2 aliphatic rings. The van der Waals surface area contributed by atoms with Crippen molar-refractivity contribution >= 4 is 35.6 Å². The molecule has 0 amide bonds. The Morgan fingerprint density at radius 2 is 1.14 bits per heavy atom. The van der Waals surface area contributed by atoms with Gasteiger partial charge in [-0.25, -0.2) is 16.8 Å². The second-order valence-electron chi connectivity index (χ2n) is 11.0. The number of nitrogens with two attached hydrogens (primary N) is 1. The number of hydrogen-bond donors (Lipinski definition) is 2. The fourth-order valence-electron chi connectivity index (χ4n) is 5.22. The molecule has 0 radical (unpaired) electrons. The first-order chi connectivity index (χ1) is 23.6. The van der Waals surface area contributed by atoms with E-state index in [1.165, 1.54) is 0 Å². The molecule has 0 unspecified atom stereocenters. The van der Waals surface area contributed by atoms with Crippen LogP contribution in [0, 0.1) is 22.7 Å². The summed E-state index contributed by atoms with van der Waals surface area (Å²) in [4.78, 5) is 1.05. The Hall–Kier alpha value is -4.24. The molecular weight excluding hydrogens is 728 g/mol. The van der Waals surface area contributed by atoms with Crippen LogP contribution in [0.3, 0.4) is 0 Å². The molecule has 4 aromatic rings. The smallest absolute Gasteiger partial charge is 0.206 e. The summed E-state index contributed by atoms with van der Waals surface area (Å²) in [5.41, 5.74) is 7.68. The Kier molecular flexibility index (Phi) is 13.8. The molecule has 0 aliphatic carbocycles. The quantitative estimate of drug-likeness (QED) is 0.134. The number of aryl methyl sites for hydroxylation is 2. The van der Waals surface area contributed by atoms with E-state index in [4.69, 9.17) is 25.7 Å². The molecule has 0 fully saturated rings. The van der Waals surface area contributed by atoms with E-state index in [9.17, 15) is 16.8 Å². The fourth-order valence-corrected chi connectivity index (χ4v) is 7.81. The predicted molar refractivity (Wildman–Crippen MR) is 189 cm³/mol. The minimum Gasteiger partial charge on any atom is -0.489 e. The van der Waals surface area contributed by atoms with E-state index in [0.717, 1.165) is 36.8 Å². The first kappa shape index (κ1) is 37.6. The van der Waals surface area contributed by atoms with Gasteiger partial charge in [0.2, 0.25) is 19.7 Å².